The van der Waals surface area contributed by atoms with Gasteiger partial charge in [-0.1, -0.05) is 26.0 Å². The smallest absolute Gasteiger partial charge is 0.239 e. The van der Waals surface area contributed by atoms with Crippen LogP contribution >= 0.6 is 24.0 Å². The van der Waals surface area contributed by atoms with Gasteiger partial charge in [0.05, 0.1) is 6.54 Å². The van der Waals surface area contributed by atoms with Crippen molar-refractivity contribution < 1.29 is 9.59 Å². The summed E-state index contributed by atoms with van der Waals surface area (Å²) < 4.78 is 0. The van der Waals surface area contributed by atoms with E-state index in [2.05, 4.69) is 26.3 Å². The van der Waals surface area contributed by atoms with Gasteiger partial charge in [0.1, 0.15) is 0 Å². The van der Waals surface area contributed by atoms with Gasteiger partial charge in [-0.25, -0.2) is 0 Å². The van der Waals surface area contributed by atoms with Gasteiger partial charge in [0, 0.05) is 30.7 Å². The lowest BCUT2D eigenvalue weighted by molar-refractivity contribution is -0.121. The van der Waals surface area contributed by atoms with E-state index in [1.807, 2.05) is 58.9 Å². The van der Waals surface area contributed by atoms with E-state index in [1.54, 1.807) is 7.05 Å². The van der Waals surface area contributed by atoms with Crippen molar-refractivity contribution in [1.82, 2.24) is 16.0 Å². The number of amides is 2. The normalized spacial score (nSPS) is 11.4. The Labute approximate surface area is 179 Å². The lowest BCUT2D eigenvalue weighted by Gasteiger charge is -2.21. The molecule has 27 heavy (non-hydrogen) atoms. The minimum absolute atomic E-state index is 0. The summed E-state index contributed by atoms with van der Waals surface area (Å²) >= 11 is 0. The Morgan fingerprint density at radius 1 is 1.07 bits per heavy atom. The molecule has 1 aromatic rings. The van der Waals surface area contributed by atoms with E-state index in [9.17, 15) is 9.59 Å². The molecular weight excluding hydrogens is 457 g/mol. The molecule has 1 rings (SSSR count). The SMILES string of the molecule is CN=C(NCC(=O)NC(C)(C)C)NCc1ccc(NC(=O)C(C)C)cc1.I. The molecule has 0 aliphatic rings. The monoisotopic (exact) mass is 489 g/mol. The highest BCUT2D eigenvalue weighted by atomic mass is 127. The number of carbonyl (C=O) groups excluding carboxylic acids is 2. The van der Waals surface area contributed by atoms with Crippen molar-refractivity contribution in [2.75, 3.05) is 18.9 Å². The molecule has 0 aromatic heterocycles. The number of anilines is 1. The van der Waals surface area contributed by atoms with Crippen molar-refractivity contribution in [3.63, 3.8) is 0 Å². The van der Waals surface area contributed by atoms with Gasteiger partial charge in [0.2, 0.25) is 11.8 Å². The molecule has 4 N–H and O–H groups in total. The Kier molecular flexibility index (Phi) is 11.0. The van der Waals surface area contributed by atoms with E-state index in [0.29, 0.717) is 12.5 Å². The molecule has 0 bridgehead atoms. The highest BCUT2D eigenvalue weighted by Gasteiger charge is 2.13. The van der Waals surface area contributed by atoms with Gasteiger partial charge in [-0.15, -0.1) is 24.0 Å². The Balaban J connectivity index is 0.00000676. The van der Waals surface area contributed by atoms with Crippen LogP contribution in [0.2, 0.25) is 0 Å². The number of benzene rings is 1. The predicted molar refractivity (Wildman–Crippen MR) is 121 cm³/mol. The molecule has 0 saturated carbocycles. The average Bonchev–Trinajstić information content (AvgIpc) is 2.54. The summed E-state index contributed by atoms with van der Waals surface area (Å²) in [5.41, 5.74) is 1.55. The topological polar surface area (TPSA) is 94.6 Å². The number of rotatable bonds is 6. The van der Waals surface area contributed by atoms with Gasteiger partial charge in [-0.3, -0.25) is 14.6 Å². The van der Waals surface area contributed by atoms with E-state index in [0.717, 1.165) is 11.3 Å². The second kappa shape index (κ2) is 11.8. The maximum absolute atomic E-state index is 11.8. The molecule has 1 aromatic carbocycles. The molecule has 8 heteroatoms. The maximum atomic E-state index is 11.8. The van der Waals surface area contributed by atoms with E-state index >= 15 is 0 Å². The van der Waals surface area contributed by atoms with Crippen LogP contribution in [0.15, 0.2) is 29.3 Å². The van der Waals surface area contributed by atoms with Gasteiger partial charge < -0.3 is 21.3 Å². The number of nitrogens with zero attached hydrogens (tertiary/aromatic N) is 1. The number of halogens is 1. The van der Waals surface area contributed by atoms with E-state index in [-0.39, 0.29) is 53.8 Å². The summed E-state index contributed by atoms with van der Waals surface area (Å²) in [6.45, 7) is 10.2. The molecule has 0 spiro atoms. The fourth-order valence-corrected chi connectivity index (χ4v) is 2.03. The fourth-order valence-electron chi connectivity index (χ4n) is 2.03. The Bertz CT molecular complexity index is 636. The molecule has 0 atom stereocenters. The van der Waals surface area contributed by atoms with Gasteiger partial charge in [0.25, 0.3) is 0 Å². The first-order chi connectivity index (χ1) is 12.1. The van der Waals surface area contributed by atoms with E-state index in [4.69, 9.17) is 0 Å². The minimum Gasteiger partial charge on any atom is -0.352 e. The second-order valence-electron chi connectivity index (χ2n) is 7.42. The molecule has 0 aliphatic heterocycles. The van der Waals surface area contributed by atoms with Crippen molar-refractivity contribution in [2.45, 2.75) is 46.7 Å². The number of carbonyl (C=O) groups is 2. The second-order valence-corrected chi connectivity index (χ2v) is 7.42. The van der Waals surface area contributed by atoms with Gasteiger partial charge in [-0.05, 0) is 38.5 Å². The van der Waals surface area contributed by atoms with E-state index < -0.39 is 0 Å². The average molecular weight is 489 g/mol. The third-order valence-corrected chi connectivity index (χ3v) is 3.36. The summed E-state index contributed by atoms with van der Waals surface area (Å²) in [7, 11) is 1.65. The molecule has 7 nitrogen and oxygen atoms in total. The van der Waals surface area contributed by atoms with Crippen molar-refractivity contribution in [2.24, 2.45) is 10.9 Å². The molecule has 0 aliphatic carbocycles. The number of nitrogens with one attached hydrogen (secondary N) is 4. The zero-order chi connectivity index (χ0) is 19.7. The largest absolute Gasteiger partial charge is 0.352 e. The summed E-state index contributed by atoms with van der Waals surface area (Å²) in [4.78, 5) is 27.6. The quantitative estimate of drug-likeness (QED) is 0.281. The maximum Gasteiger partial charge on any atom is 0.239 e. The third-order valence-electron chi connectivity index (χ3n) is 3.36. The molecular formula is C19H32IN5O2. The standard InChI is InChI=1S/C19H31N5O2.HI/c1-13(2)17(26)23-15-9-7-14(8-10-15)11-21-18(20-6)22-12-16(25)24-19(3,4)5;/h7-10,13H,11-12H2,1-6H3,(H,23,26)(H,24,25)(H2,20,21,22);1H. The van der Waals surface area contributed by atoms with Crippen LogP contribution in [0.4, 0.5) is 5.69 Å². The summed E-state index contributed by atoms with van der Waals surface area (Å²) in [5.74, 6) is 0.396. The summed E-state index contributed by atoms with van der Waals surface area (Å²) in [6.07, 6.45) is 0. The first-order valence-electron chi connectivity index (χ1n) is 8.76. The molecule has 0 radical (unpaired) electrons. The molecule has 0 fully saturated rings. The van der Waals surface area contributed by atoms with Crippen molar-refractivity contribution in [1.29, 1.82) is 0 Å². The number of aliphatic imine (C=N–C) groups is 1. The van der Waals surface area contributed by atoms with Crippen molar-refractivity contribution in [3.8, 4) is 0 Å². The van der Waals surface area contributed by atoms with Crippen LogP contribution in [0.3, 0.4) is 0 Å². The zero-order valence-electron chi connectivity index (χ0n) is 17.0. The van der Waals surface area contributed by atoms with Gasteiger partial charge in [0.15, 0.2) is 5.96 Å². The van der Waals surface area contributed by atoms with Crippen LogP contribution in [0, 0.1) is 5.92 Å². The number of guanidine groups is 1. The molecule has 0 heterocycles. The number of hydrogen-bond donors (Lipinski definition) is 4. The third kappa shape index (κ3) is 10.8. The van der Waals surface area contributed by atoms with Crippen LogP contribution in [0.25, 0.3) is 0 Å². The van der Waals surface area contributed by atoms with Crippen LogP contribution in [0.5, 0.6) is 0 Å². The number of hydrogen-bond acceptors (Lipinski definition) is 3. The minimum atomic E-state index is -0.261. The molecule has 152 valence electrons. The Morgan fingerprint density at radius 3 is 2.15 bits per heavy atom. The first kappa shape index (κ1) is 25.2. The van der Waals surface area contributed by atoms with Crippen LogP contribution < -0.4 is 21.3 Å². The lowest BCUT2D eigenvalue weighted by Crippen LogP contribution is -2.48. The Morgan fingerprint density at radius 2 is 1.67 bits per heavy atom. The fraction of sp³-hybridized carbons (Fsp3) is 0.526. The van der Waals surface area contributed by atoms with Gasteiger partial charge >= 0.3 is 0 Å². The van der Waals surface area contributed by atoms with Gasteiger partial charge in [-0.2, -0.15) is 0 Å². The molecule has 0 unspecified atom stereocenters. The summed E-state index contributed by atoms with van der Waals surface area (Å²) in [6, 6.07) is 7.60. The predicted octanol–water partition coefficient (Wildman–Crippen LogP) is 2.48. The zero-order valence-corrected chi connectivity index (χ0v) is 19.3. The van der Waals surface area contributed by atoms with Crippen molar-refractivity contribution >= 4 is 47.4 Å². The van der Waals surface area contributed by atoms with Crippen LogP contribution in [0.1, 0.15) is 40.2 Å². The van der Waals surface area contributed by atoms with Crippen molar-refractivity contribution in [3.05, 3.63) is 29.8 Å². The van der Waals surface area contributed by atoms with Crippen LogP contribution in [-0.4, -0.2) is 36.9 Å². The lowest BCUT2D eigenvalue weighted by atomic mass is 10.1. The van der Waals surface area contributed by atoms with E-state index in [1.165, 1.54) is 0 Å². The summed E-state index contributed by atoms with van der Waals surface area (Å²) in [5, 5.41) is 11.9. The molecule has 2 amide bonds. The Hall–Kier alpha value is -1.84. The van der Waals surface area contributed by atoms with Crippen LogP contribution in [-0.2, 0) is 16.1 Å². The molecule has 0 saturated heterocycles. The highest BCUT2D eigenvalue weighted by molar-refractivity contribution is 14.0. The highest BCUT2D eigenvalue weighted by Crippen LogP contribution is 2.10. The first-order valence-corrected chi connectivity index (χ1v) is 8.76.